The highest BCUT2D eigenvalue weighted by atomic mass is 35.5. The summed E-state index contributed by atoms with van der Waals surface area (Å²) in [4.78, 5) is 43.5. The zero-order valence-corrected chi connectivity index (χ0v) is 23.0. The fraction of sp³-hybridized carbons (Fsp3) is 0.300. The van der Waals surface area contributed by atoms with Crippen LogP contribution in [0.5, 0.6) is 11.5 Å². The van der Waals surface area contributed by atoms with Gasteiger partial charge in [0.25, 0.3) is 5.91 Å². The number of carboxylic acid groups (broad SMARTS) is 1. The van der Waals surface area contributed by atoms with Crippen molar-refractivity contribution >= 4 is 35.2 Å². The zero-order valence-electron chi connectivity index (χ0n) is 22.2. The van der Waals surface area contributed by atoms with Crippen LogP contribution in [-0.2, 0) is 9.59 Å². The third kappa shape index (κ3) is 6.54. The van der Waals surface area contributed by atoms with Crippen molar-refractivity contribution in [3.8, 4) is 11.5 Å². The number of carbonyl (C=O) groups excluding carboxylic acids is 2. The molecule has 0 radical (unpaired) electrons. The summed E-state index contributed by atoms with van der Waals surface area (Å²) in [7, 11) is 0. The van der Waals surface area contributed by atoms with Crippen molar-refractivity contribution in [1.82, 2.24) is 9.80 Å². The minimum atomic E-state index is -1.16. The fourth-order valence-corrected chi connectivity index (χ4v) is 4.97. The molecule has 210 valence electrons. The summed E-state index contributed by atoms with van der Waals surface area (Å²) in [6.45, 7) is 4.24. The average Bonchev–Trinajstić information content (AvgIpc) is 2.96. The molecule has 3 aromatic rings. The molecule has 0 saturated carbocycles. The van der Waals surface area contributed by atoms with E-state index in [0.29, 0.717) is 22.7 Å². The Morgan fingerprint density at radius 2 is 1.60 bits per heavy atom. The Kier molecular flexibility index (Phi) is 9.26. The molecule has 3 amide bonds. The first-order valence-corrected chi connectivity index (χ1v) is 13.5. The maximum absolute atomic E-state index is 14.2. The number of hydrogen-bond acceptors (Lipinski definition) is 4. The molecule has 2 atom stereocenters. The number of benzene rings is 3. The standard InChI is InChI=1S/C30H31ClFN3O5/c1-20(2)26-19-33(16-17-34(26)30(38)39)29(37)28(21-8-10-22(32)11-9-21)35(27(36)18-31)23-12-14-25(15-13-23)40-24-6-4-3-5-7-24/h3-15,20,26,28H,16-19H2,1-2H3,(H,38,39). The topological polar surface area (TPSA) is 90.4 Å². The second-order valence-corrected chi connectivity index (χ2v) is 10.1. The molecule has 2 unspecified atom stereocenters. The maximum atomic E-state index is 14.2. The Morgan fingerprint density at radius 3 is 2.17 bits per heavy atom. The lowest BCUT2D eigenvalue weighted by atomic mass is 9.97. The molecule has 1 saturated heterocycles. The van der Waals surface area contributed by atoms with Crippen molar-refractivity contribution in [2.45, 2.75) is 25.9 Å². The second-order valence-electron chi connectivity index (χ2n) is 9.83. The van der Waals surface area contributed by atoms with Gasteiger partial charge in [0, 0.05) is 25.3 Å². The number of anilines is 1. The van der Waals surface area contributed by atoms with Crippen LogP contribution in [0.15, 0.2) is 78.9 Å². The van der Waals surface area contributed by atoms with Crippen LogP contribution in [0.25, 0.3) is 0 Å². The number of ether oxygens (including phenoxy) is 1. The van der Waals surface area contributed by atoms with Gasteiger partial charge in [0.1, 0.15) is 29.2 Å². The summed E-state index contributed by atoms with van der Waals surface area (Å²) in [5.41, 5.74) is 0.801. The van der Waals surface area contributed by atoms with Gasteiger partial charge in [-0.15, -0.1) is 11.6 Å². The number of halogens is 2. The number of rotatable bonds is 8. The second kappa shape index (κ2) is 12.8. The van der Waals surface area contributed by atoms with Crippen LogP contribution in [0.2, 0.25) is 0 Å². The van der Waals surface area contributed by atoms with Crippen molar-refractivity contribution in [1.29, 1.82) is 0 Å². The monoisotopic (exact) mass is 567 g/mol. The van der Waals surface area contributed by atoms with Crippen LogP contribution in [0.1, 0.15) is 25.5 Å². The van der Waals surface area contributed by atoms with Gasteiger partial charge in [0.05, 0.1) is 6.04 Å². The molecule has 40 heavy (non-hydrogen) atoms. The highest BCUT2D eigenvalue weighted by Crippen LogP contribution is 2.33. The highest BCUT2D eigenvalue weighted by molar-refractivity contribution is 6.29. The maximum Gasteiger partial charge on any atom is 0.407 e. The lowest BCUT2D eigenvalue weighted by Crippen LogP contribution is -2.59. The van der Waals surface area contributed by atoms with Gasteiger partial charge in [-0.25, -0.2) is 9.18 Å². The summed E-state index contributed by atoms with van der Waals surface area (Å²) >= 11 is 6.03. The van der Waals surface area contributed by atoms with Gasteiger partial charge in [-0.1, -0.05) is 44.2 Å². The van der Waals surface area contributed by atoms with E-state index in [1.54, 1.807) is 29.2 Å². The molecule has 8 nitrogen and oxygen atoms in total. The fourth-order valence-electron chi connectivity index (χ4n) is 4.84. The first-order chi connectivity index (χ1) is 19.2. The van der Waals surface area contributed by atoms with E-state index in [2.05, 4.69) is 0 Å². The molecule has 1 fully saturated rings. The van der Waals surface area contributed by atoms with Crippen LogP contribution in [0, 0.1) is 11.7 Å². The first kappa shape index (κ1) is 28.9. The first-order valence-electron chi connectivity index (χ1n) is 12.9. The van der Waals surface area contributed by atoms with Crippen LogP contribution >= 0.6 is 11.6 Å². The van der Waals surface area contributed by atoms with Crippen molar-refractivity contribution in [3.63, 3.8) is 0 Å². The van der Waals surface area contributed by atoms with E-state index in [0.717, 1.165) is 0 Å². The van der Waals surface area contributed by atoms with Crippen molar-refractivity contribution in [2.24, 2.45) is 5.92 Å². The largest absolute Gasteiger partial charge is 0.465 e. The zero-order chi connectivity index (χ0) is 28.8. The molecule has 4 rings (SSSR count). The third-order valence-corrected chi connectivity index (χ3v) is 7.13. The minimum absolute atomic E-state index is 0.0475. The molecule has 1 aliphatic rings. The van der Waals surface area contributed by atoms with E-state index in [-0.39, 0.29) is 25.6 Å². The number of piperazine rings is 1. The summed E-state index contributed by atoms with van der Waals surface area (Å²) in [5, 5.41) is 9.66. The van der Waals surface area contributed by atoms with E-state index in [9.17, 15) is 23.9 Å². The lowest BCUT2D eigenvalue weighted by Gasteiger charge is -2.44. The Morgan fingerprint density at radius 1 is 0.975 bits per heavy atom. The van der Waals surface area contributed by atoms with Gasteiger partial charge in [-0.3, -0.25) is 14.5 Å². The molecular formula is C30H31ClFN3O5. The molecule has 10 heteroatoms. The van der Waals surface area contributed by atoms with Crippen LogP contribution in [-0.4, -0.2) is 64.4 Å². The van der Waals surface area contributed by atoms with Gasteiger partial charge in [0.2, 0.25) is 5.91 Å². The van der Waals surface area contributed by atoms with Crippen molar-refractivity contribution < 1.29 is 28.6 Å². The number of hydrogen-bond donors (Lipinski definition) is 1. The van der Waals surface area contributed by atoms with E-state index in [1.807, 2.05) is 44.2 Å². The van der Waals surface area contributed by atoms with Crippen molar-refractivity contribution in [2.75, 3.05) is 30.4 Å². The van der Waals surface area contributed by atoms with Gasteiger partial charge >= 0.3 is 6.09 Å². The van der Waals surface area contributed by atoms with Gasteiger partial charge in [-0.05, 0) is 60.0 Å². The Hall–Kier alpha value is -4.11. The van der Waals surface area contributed by atoms with Crippen LogP contribution in [0.3, 0.4) is 0 Å². The minimum Gasteiger partial charge on any atom is -0.465 e. The summed E-state index contributed by atoms with van der Waals surface area (Å²) < 4.78 is 19.7. The number of carbonyl (C=O) groups is 3. The normalized spacial score (nSPS) is 16.0. The molecular weight excluding hydrogens is 537 g/mol. The average molecular weight is 568 g/mol. The number of amides is 3. The van der Waals surface area contributed by atoms with Gasteiger partial charge < -0.3 is 19.6 Å². The highest BCUT2D eigenvalue weighted by Gasteiger charge is 2.40. The Labute approximate surface area is 237 Å². The molecule has 1 heterocycles. The smallest absolute Gasteiger partial charge is 0.407 e. The number of alkyl halides is 1. The molecule has 3 aromatic carbocycles. The van der Waals surface area contributed by atoms with Gasteiger partial charge in [-0.2, -0.15) is 0 Å². The SMILES string of the molecule is CC(C)C1CN(C(=O)C(c2ccc(F)cc2)N(C(=O)CCl)c2ccc(Oc3ccccc3)cc2)CCN1C(=O)O. The lowest BCUT2D eigenvalue weighted by molar-refractivity contribution is -0.137. The van der Waals surface area contributed by atoms with E-state index >= 15 is 0 Å². The predicted molar refractivity (Wildman–Crippen MR) is 150 cm³/mol. The number of nitrogens with zero attached hydrogens (tertiary/aromatic N) is 3. The summed E-state index contributed by atoms with van der Waals surface area (Å²) in [6, 6.07) is 19.7. The Bertz CT molecular complexity index is 1320. The molecule has 1 N–H and O–H groups in total. The predicted octanol–water partition coefficient (Wildman–Crippen LogP) is 5.78. The molecule has 1 aliphatic heterocycles. The van der Waals surface area contributed by atoms with Crippen LogP contribution < -0.4 is 9.64 Å². The summed E-state index contributed by atoms with van der Waals surface area (Å²) in [5.74, 6) is -0.688. The van der Waals surface area contributed by atoms with Gasteiger partial charge in [0.15, 0.2) is 0 Å². The van der Waals surface area contributed by atoms with E-state index in [4.69, 9.17) is 16.3 Å². The molecule has 0 spiro atoms. The van der Waals surface area contributed by atoms with Crippen LogP contribution in [0.4, 0.5) is 14.9 Å². The van der Waals surface area contributed by atoms with E-state index < -0.39 is 41.7 Å². The number of para-hydroxylation sites is 1. The third-order valence-electron chi connectivity index (χ3n) is 6.90. The van der Waals surface area contributed by atoms with Crippen molar-refractivity contribution in [3.05, 3.63) is 90.2 Å². The molecule has 0 aromatic heterocycles. The molecule has 0 bridgehead atoms. The summed E-state index contributed by atoms with van der Waals surface area (Å²) in [6.07, 6.45) is -1.04. The molecule has 0 aliphatic carbocycles. The van der Waals surface area contributed by atoms with E-state index in [1.165, 1.54) is 34.1 Å². The Balaban J connectivity index is 1.70. The quantitative estimate of drug-likeness (QED) is 0.349.